The summed E-state index contributed by atoms with van der Waals surface area (Å²) in [6.07, 6.45) is 5.02. The predicted octanol–water partition coefficient (Wildman–Crippen LogP) is 3.21. The number of nitrogens with zero attached hydrogens (tertiary/aromatic N) is 1. The topological polar surface area (TPSA) is 49.0 Å². The van der Waals surface area contributed by atoms with Gasteiger partial charge in [-0.3, -0.25) is 0 Å². The lowest BCUT2D eigenvalue weighted by molar-refractivity contribution is 0.430. The Balaban J connectivity index is 2.21. The summed E-state index contributed by atoms with van der Waals surface area (Å²) in [5.74, 6) is 1.22. The molecule has 1 atom stereocenters. The van der Waals surface area contributed by atoms with Crippen LogP contribution in [0.2, 0.25) is 0 Å². The van der Waals surface area contributed by atoms with Gasteiger partial charge < -0.3 is 9.73 Å². The molecule has 0 saturated carbocycles. The van der Waals surface area contributed by atoms with Crippen LogP contribution in [0.4, 0.5) is 0 Å². The zero-order valence-corrected chi connectivity index (χ0v) is 10.1. The van der Waals surface area contributed by atoms with E-state index in [4.69, 9.17) is 9.68 Å². The lowest BCUT2D eigenvalue weighted by atomic mass is 10.1. The summed E-state index contributed by atoms with van der Waals surface area (Å²) in [5.41, 5.74) is 0. The summed E-state index contributed by atoms with van der Waals surface area (Å²) in [6.45, 7) is 5.10. The standard InChI is InChI=1S/C13H20N2O/c1-3-4-5-6-11(2)15-10-13-8-7-12(9-14)16-13/h7-8,11,15H,3-6,10H2,1-2H3. The van der Waals surface area contributed by atoms with E-state index in [1.54, 1.807) is 6.07 Å². The van der Waals surface area contributed by atoms with Gasteiger partial charge in [-0.15, -0.1) is 0 Å². The van der Waals surface area contributed by atoms with Gasteiger partial charge in [-0.2, -0.15) is 5.26 Å². The molecule has 0 amide bonds. The Morgan fingerprint density at radius 3 is 2.88 bits per heavy atom. The molecule has 16 heavy (non-hydrogen) atoms. The minimum Gasteiger partial charge on any atom is -0.449 e. The third-order valence-corrected chi connectivity index (χ3v) is 2.64. The van der Waals surface area contributed by atoms with Crippen molar-refractivity contribution in [1.82, 2.24) is 5.32 Å². The Morgan fingerprint density at radius 1 is 1.44 bits per heavy atom. The SMILES string of the molecule is CCCCCC(C)NCc1ccc(C#N)o1. The van der Waals surface area contributed by atoms with E-state index in [1.807, 2.05) is 12.1 Å². The highest BCUT2D eigenvalue weighted by Gasteiger charge is 2.04. The van der Waals surface area contributed by atoms with Crippen LogP contribution in [0.5, 0.6) is 0 Å². The van der Waals surface area contributed by atoms with E-state index in [1.165, 1.54) is 25.7 Å². The molecule has 1 aromatic rings. The van der Waals surface area contributed by atoms with Gasteiger partial charge in [0.1, 0.15) is 11.8 Å². The first kappa shape index (κ1) is 12.8. The van der Waals surface area contributed by atoms with E-state index in [0.29, 0.717) is 18.3 Å². The molecule has 1 unspecified atom stereocenters. The van der Waals surface area contributed by atoms with E-state index in [-0.39, 0.29) is 0 Å². The van der Waals surface area contributed by atoms with E-state index < -0.39 is 0 Å². The van der Waals surface area contributed by atoms with Gasteiger partial charge in [-0.05, 0) is 25.5 Å². The Morgan fingerprint density at radius 2 is 2.25 bits per heavy atom. The van der Waals surface area contributed by atoms with Crippen molar-refractivity contribution in [2.24, 2.45) is 0 Å². The zero-order chi connectivity index (χ0) is 11.8. The van der Waals surface area contributed by atoms with Crippen LogP contribution >= 0.6 is 0 Å². The van der Waals surface area contributed by atoms with Gasteiger partial charge in [0, 0.05) is 6.04 Å². The summed E-state index contributed by atoms with van der Waals surface area (Å²) < 4.78 is 5.29. The van der Waals surface area contributed by atoms with Crippen molar-refractivity contribution in [2.45, 2.75) is 52.1 Å². The molecule has 0 aromatic carbocycles. The third kappa shape index (κ3) is 4.50. The molecular formula is C13H20N2O. The molecule has 0 spiro atoms. The maximum atomic E-state index is 8.61. The molecule has 1 rings (SSSR count). The summed E-state index contributed by atoms with van der Waals surface area (Å²) >= 11 is 0. The normalized spacial score (nSPS) is 12.3. The first-order valence-corrected chi connectivity index (χ1v) is 5.98. The quantitative estimate of drug-likeness (QED) is 0.718. The van der Waals surface area contributed by atoms with Crippen molar-refractivity contribution in [3.05, 3.63) is 23.7 Å². The zero-order valence-electron chi connectivity index (χ0n) is 10.1. The molecule has 1 aromatic heterocycles. The second kappa shape index (κ2) is 7.08. The van der Waals surface area contributed by atoms with Crippen LogP contribution in [-0.4, -0.2) is 6.04 Å². The van der Waals surface area contributed by atoms with E-state index in [2.05, 4.69) is 19.2 Å². The molecule has 0 radical (unpaired) electrons. The lowest BCUT2D eigenvalue weighted by Crippen LogP contribution is -2.25. The number of nitriles is 1. The monoisotopic (exact) mass is 220 g/mol. The Bertz CT molecular complexity index is 338. The Labute approximate surface area is 97.5 Å². The van der Waals surface area contributed by atoms with Crippen LogP contribution in [0.15, 0.2) is 16.5 Å². The number of unbranched alkanes of at least 4 members (excludes halogenated alkanes) is 2. The molecule has 0 aliphatic rings. The van der Waals surface area contributed by atoms with Crippen molar-refractivity contribution < 1.29 is 4.42 Å². The maximum absolute atomic E-state index is 8.61. The van der Waals surface area contributed by atoms with Crippen LogP contribution in [0.3, 0.4) is 0 Å². The van der Waals surface area contributed by atoms with E-state index in [9.17, 15) is 0 Å². The minimum atomic E-state index is 0.385. The van der Waals surface area contributed by atoms with Crippen LogP contribution < -0.4 is 5.32 Å². The molecular weight excluding hydrogens is 200 g/mol. The van der Waals surface area contributed by atoms with E-state index in [0.717, 1.165) is 5.76 Å². The molecule has 1 N–H and O–H groups in total. The molecule has 0 bridgehead atoms. The number of furan rings is 1. The van der Waals surface area contributed by atoms with Crippen molar-refractivity contribution in [1.29, 1.82) is 5.26 Å². The average molecular weight is 220 g/mol. The molecule has 0 aliphatic carbocycles. The molecule has 0 aliphatic heterocycles. The average Bonchev–Trinajstić information content (AvgIpc) is 2.74. The van der Waals surface area contributed by atoms with Crippen LogP contribution in [-0.2, 0) is 6.54 Å². The summed E-state index contributed by atoms with van der Waals surface area (Å²) in [4.78, 5) is 0. The van der Waals surface area contributed by atoms with Crippen molar-refractivity contribution in [3.8, 4) is 6.07 Å². The molecule has 88 valence electrons. The highest BCUT2D eigenvalue weighted by Crippen LogP contribution is 2.08. The smallest absolute Gasteiger partial charge is 0.203 e. The fraction of sp³-hybridized carbons (Fsp3) is 0.615. The van der Waals surface area contributed by atoms with Gasteiger partial charge in [0.05, 0.1) is 6.54 Å². The molecule has 3 nitrogen and oxygen atoms in total. The van der Waals surface area contributed by atoms with Gasteiger partial charge in [0.2, 0.25) is 5.76 Å². The first-order chi connectivity index (χ1) is 7.76. The van der Waals surface area contributed by atoms with Gasteiger partial charge in [0.25, 0.3) is 0 Å². The van der Waals surface area contributed by atoms with Crippen LogP contribution in [0.25, 0.3) is 0 Å². The maximum Gasteiger partial charge on any atom is 0.203 e. The molecule has 1 heterocycles. The second-order valence-corrected chi connectivity index (χ2v) is 4.16. The Hall–Kier alpha value is -1.27. The van der Waals surface area contributed by atoms with Crippen molar-refractivity contribution in [2.75, 3.05) is 0 Å². The first-order valence-electron chi connectivity index (χ1n) is 5.98. The van der Waals surface area contributed by atoms with E-state index >= 15 is 0 Å². The summed E-state index contributed by atoms with van der Waals surface area (Å²) in [7, 11) is 0. The van der Waals surface area contributed by atoms with Gasteiger partial charge in [0.15, 0.2) is 0 Å². The molecule has 0 fully saturated rings. The highest BCUT2D eigenvalue weighted by atomic mass is 16.3. The molecule has 3 heteroatoms. The van der Waals surface area contributed by atoms with Crippen LogP contribution in [0.1, 0.15) is 51.1 Å². The summed E-state index contributed by atoms with van der Waals surface area (Å²) in [6, 6.07) is 6.04. The van der Waals surface area contributed by atoms with Gasteiger partial charge in [-0.1, -0.05) is 26.2 Å². The van der Waals surface area contributed by atoms with Crippen LogP contribution in [0, 0.1) is 11.3 Å². The predicted molar refractivity (Wildman–Crippen MR) is 63.9 cm³/mol. The second-order valence-electron chi connectivity index (χ2n) is 4.16. The number of rotatable bonds is 7. The molecule has 0 saturated heterocycles. The van der Waals surface area contributed by atoms with Crippen molar-refractivity contribution >= 4 is 0 Å². The fourth-order valence-electron chi connectivity index (χ4n) is 1.61. The lowest BCUT2D eigenvalue weighted by Gasteiger charge is -2.11. The number of hydrogen-bond donors (Lipinski definition) is 1. The summed E-state index contributed by atoms with van der Waals surface area (Å²) in [5, 5.41) is 12.0. The van der Waals surface area contributed by atoms with Gasteiger partial charge >= 0.3 is 0 Å². The van der Waals surface area contributed by atoms with Crippen molar-refractivity contribution in [3.63, 3.8) is 0 Å². The fourth-order valence-corrected chi connectivity index (χ4v) is 1.61. The minimum absolute atomic E-state index is 0.385. The largest absolute Gasteiger partial charge is 0.449 e. The third-order valence-electron chi connectivity index (χ3n) is 2.64. The Kier molecular flexibility index (Phi) is 5.66. The number of hydrogen-bond acceptors (Lipinski definition) is 3. The highest BCUT2D eigenvalue weighted by molar-refractivity contribution is 5.18. The van der Waals surface area contributed by atoms with Gasteiger partial charge in [-0.25, -0.2) is 0 Å². The number of nitrogens with one attached hydrogen (secondary N) is 1.